The van der Waals surface area contributed by atoms with Gasteiger partial charge in [-0.2, -0.15) is 5.26 Å². The van der Waals surface area contributed by atoms with Crippen LogP contribution in [0.2, 0.25) is 0 Å². The van der Waals surface area contributed by atoms with Crippen LogP contribution in [0.1, 0.15) is 44.4 Å². The summed E-state index contributed by atoms with van der Waals surface area (Å²) in [5, 5.41) is 11.9. The molecule has 2 aromatic rings. The van der Waals surface area contributed by atoms with Gasteiger partial charge in [0, 0.05) is 12.0 Å². The minimum absolute atomic E-state index is 0.242. The molecule has 1 atom stereocenters. The van der Waals surface area contributed by atoms with Crippen molar-refractivity contribution in [3.8, 4) is 6.07 Å². The van der Waals surface area contributed by atoms with E-state index in [4.69, 9.17) is 14.7 Å². The topological polar surface area (TPSA) is 88.4 Å². The summed E-state index contributed by atoms with van der Waals surface area (Å²) in [6.07, 6.45) is 1.96. The quantitative estimate of drug-likeness (QED) is 0.479. The van der Waals surface area contributed by atoms with E-state index in [-0.39, 0.29) is 6.61 Å². The number of nitrogens with one attached hydrogen (secondary N) is 1. The number of hydrogen-bond donors (Lipinski definition) is 1. The first kappa shape index (κ1) is 24.7. The Labute approximate surface area is 189 Å². The van der Waals surface area contributed by atoms with Gasteiger partial charge < -0.3 is 14.8 Å². The van der Waals surface area contributed by atoms with Crippen LogP contribution in [0.25, 0.3) is 0 Å². The normalized spacial score (nSPS) is 12.4. The van der Waals surface area contributed by atoms with Gasteiger partial charge in [-0.3, -0.25) is 0 Å². The Balaban J connectivity index is 2.34. The second-order valence-corrected chi connectivity index (χ2v) is 8.34. The largest absolute Gasteiger partial charge is 0.463 e. The molecule has 6 nitrogen and oxygen atoms in total. The van der Waals surface area contributed by atoms with Gasteiger partial charge in [0.25, 0.3) is 0 Å². The number of amides is 1. The van der Waals surface area contributed by atoms with Gasteiger partial charge in [-0.25, -0.2) is 9.59 Å². The molecule has 0 aliphatic carbocycles. The van der Waals surface area contributed by atoms with Crippen LogP contribution in [-0.4, -0.2) is 30.3 Å². The first-order chi connectivity index (χ1) is 15.2. The van der Waals surface area contributed by atoms with Crippen LogP contribution in [0, 0.1) is 11.3 Å². The van der Waals surface area contributed by atoms with Crippen molar-refractivity contribution in [1.29, 1.82) is 5.26 Å². The maximum Gasteiger partial charge on any atom is 0.408 e. The van der Waals surface area contributed by atoms with E-state index in [1.807, 2.05) is 30.3 Å². The summed E-state index contributed by atoms with van der Waals surface area (Å²) in [5.41, 5.74) is 2.19. The molecule has 2 aromatic carbocycles. The van der Waals surface area contributed by atoms with Crippen molar-refractivity contribution in [3.63, 3.8) is 0 Å². The van der Waals surface area contributed by atoms with Crippen molar-refractivity contribution in [1.82, 2.24) is 5.32 Å². The molecule has 1 N–H and O–H groups in total. The molecule has 0 unspecified atom stereocenters. The molecule has 0 aliphatic rings. The Bertz CT molecular complexity index is 968. The van der Waals surface area contributed by atoms with E-state index < -0.39 is 23.7 Å². The number of ether oxygens (including phenoxy) is 2. The number of nitrogens with zero attached hydrogens (tertiary/aromatic N) is 1. The summed E-state index contributed by atoms with van der Waals surface area (Å²) in [5.74, 6) is -0.444. The Morgan fingerprint density at radius 3 is 2.28 bits per heavy atom. The van der Waals surface area contributed by atoms with Gasteiger partial charge in [-0.15, -0.1) is 0 Å². The molecule has 0 fully saturated rings. The summed E-state index contributed by atoms with van der Waals surface area (Å²) < 4.78 is 10.7. The van der Waals surface area contributed by atoms with Gasteiger partial charge in [-0.05, 0) is 57.4 Å². The number of nitriles is 1. The fourth-order valence-corrected chi connectivity index (χ4v) is 3.06. The maximum atomic E-state index is 12.7. The van der Waals surface area contributed by atoms with Gasteiger partial charge in [0.1, 0.15) is 5.60 Å². The molecule has 0 bridgehead atoms. The predicted octanol–water partition coefficient (Wildman–Crippen LogP) is 4.73. The van der Waals surface area contributed by atoms with Crippen molar-refractivity contribution >= 4 is 12.1 Å². The van der Waals surface area contributed by atoms with Crippen molar-refractivity contribution in [2.45, 2.75) is 52.2 Å². The molecule has 0 saturated carbocycles. The van der Waals surface area contributed by atoms with Crippen LogP contribution in [-0.2, 0) is 27.1 Å². The zero-order valence-electron chi connectivity index (χ0n) is 19.1. The molecule has 0 aromatic heterocycles. The third-order valence-electron chi connectivity index (χ3n) is 4.42. The molecule has 6 heteroatoms. The standard InChI is InChI=1S/C26H30N2O4/c1-5-31-24(29)22(15-20-11-13-21(18-27)14-12-20)17-23(16-19-9-7-6-8-10-19)28-25(30)32-26(2,3)4/h6-14,17,23H,5,15-16H2,1-4H3,(H,28,30)/b22-17+/t23-/m0/s1. The molecule has 0 spiro atoms. The Hall–Kier alpha value is -3.59. The van der Waals surface area contributed by atoms with E-state index in [9.17, 15) is 9.59 Å². The lowest BCUT2D eigenvalue weighted by Crippen LogP contribution is -2.39. The highest BCUT2D eigenvalue weighted by Gasteiger charge is 2.21. The number of alkyl carbamates (subject to hydrolysis) is 1. The first-order valence-corrected chi connectivity index (χ1v) is 10.6. The Morgan fingerprint density at radius 1 is 1.06 bits per heavy atom. The van der Waals surface area contributed by atoms with Crippen molar-refractivity contribution in [3.05, 3.63) is 82.9 Å². The van der Waals surface area contributed by atoms with Gasteiger partial charge >= 0.3 is 12.1 Å². The fraction of sp³-hybridized carbons (Fsp3) is 0.346. The van der Waals surface area contributed by atoms with E-state index in [0.717, 1.165) is 11.1 Å². The second kappa shape index (κ2) is 11.7. The molecule has 0 saturated heterocycles. The van der Waals surface area contributed by atoms with Crippen LogP contribution in [0.3, 0.4) is 0 Å². The second-order valence-electron chi connectivity index (χ2n) is 8.34. The summed E-state index contributed by atoms with van der Waals surface area (Å²) in [7, 11) is 0. The SMILES string of the molecule is CCOC(=O)/C(=C/[C@H](Cc1ccccc1)NC(=O)OC(C)(C)C)Cc1ccc(C#N)cc1. The molecule has 0 aliphatic heterocycles. The third kappa shape index (κ3) is 8.65. The number of esters is 1. The minimum atomic E-state index is -0.641. The monoisotopic (exact) mass is 434 g/mol. The highest BCUT2D eigenvalue weighted by molar-refractivity contribution is 5.89. The van der Waals surface area contributed by atoms with Gasteiger partial charge in [0.15, 0.2) is 0 Å². The zero-order chi connectivity index (χ0) is 23.6. The lowest BCUT2D eigenvalue weighted by Gasteiger charge is -2.23. The van der Waals surface area contributed by atoms with Gasteiger partial charge in [-0.1, -0.05) is 48.5 Å². The molecular weight excluding hydrogens is 404 g/mol. The molecule has 0 heterocycles. The first-order valence-electron chi connectivity index (χ1n) is 10.6. The lowest BCUT2D eigenvalue weighted by atomic mass is 9.99. The van der Waals surface area contributed by atoms with Crippen LogP contribution in [0.5, 0.6) is 0 Å². The van der Waals surface area contributed by atoms with Crippen molar-refractivity contribution in [2.75, 3.05) is 6.61 Å². The summed E-state index contributed by atoms with van der Waals surface area (Å²) >= 11 is 0. The molecule has 32 heavy (non-hydrogen) atoms. The summed E-state index contributed by atoms with van der Waals surface area (Å²) in [6.45, 7) is 7.38. The van der Waals surface area contributed by atoms with Gasteiger partial charge in [0.05, 0.1) is 24.3 Å². The van der Waals surface area contributed by atoms with E-state index in [2.05, 4.69) is 11.4 Å². The number of benzene rings is 2. The zero-order valence-corrected chi connectivity index (χ0v) is 19.1. The molecule has 0 radical (unpaired) electrons. The Morgan fingerprint density at radius 2 is 1.72 bits per heavy atom. The van der Waals surface area contributed by atoms with Crippen LogP contribution in [0.4, 0.5) is 4.79 Å². The van der Waals surface area contributed by atoms with Crippen LogP contribution >= 0.6 is 0 Å². The van der Waals surface area contributed by atoms with E-state index in [1.165, 1.54) is 0 Å². The summed E-state index contributed by atoms with van der Waals surface area (Å²) in [6, 6.07) is 18.3. The highest BCUT2D eigenvalue weighted by atomic mass is 16.6. The third-order valence-corrected chi connectivity index (χ3v) is 4.42. The highest BCUT2D eigenvalue weighted by Crippen LogP contribution is 2.15. The maximum absolute atomic E-state index is 12.7. The average Bonchev–Trinajstić information content (AvgIpc) is 2.73. The number of rotatable bonds is 8. The van der Waals surface area contributed by atoms with Gasteiger partial charge in [0.2, 0.25) is 0 Å². The molecule has 1 amide bonds. The van der Waals surface area contributed by atoms with Crippen molar-refractivity contribution < 1.29 is 19.1 Å². The fourth-order valence-electron chi connectivity index (χ4n) is 3.06. The summed E-state index contributed by atoms with van der Waals surface area (Å²) in [4.78, 5) is 25.1. The van der Waals surface area contributed by atoms with Crippen LogP contribution < -0.4 is 5.32 Å². The number of carbonyl (C=O) groups excluding carboxylic acids is 2. The molecular formula is C26H30N2O4. The Kier molecular flexibility index (Phi) is 9.03. The molecule has 2 rings (SSSR count). The average molecular weight is 435 g/mol. The molecule has 168 valence electrons. The number of carbonyl (C=O) groups is 2. The van der Waals surface area contributed by atoms with E-state index >= 15 is 0 Å². The smallest absolute Gasteiger partial charge is 0.408 e. The van der Waals surface area contributed by atoms with E-state index in [1.54, 1.807) is 58.0 Å². The number of hydrogen-bond acceptors (Lipinski definition) is 5. The van der Waals surface area contributed by atoms with Crippen LogP contribution in [0.15, 0.2) is 66.2 Å². The predicted molar refractivity (Wildman–Crippen MR) is 123 cm³/mol. The lowest BCUT2D eigenvalue weighted by molar-refractivity contribution is -0.138. The van der Waals surface area contributed by atoms with E-state index in [0.29, 0.717) is 24.0 Å². The van der Waals surface area contributed by atoms with Crippen molar-refractivity contribution in [2.24, 2.45) is 0 Å². The minimum Gasteiger partial charge on any atom is -0.463 e.